The minimum Gasteiger partial charge on any atom is -0.424 e. The summed E-state index contributed by atoms with van der Waals surface area (Å²) in [6, 6.07) is 2.06. The van der Waals surface area contributed by atoms with Crippen molar-refractivity contribution in [1.82, 2.24) is 19.8 Å². The number of nitrogens with one attached hydrogen (secondary N) is 1. The summed E-state index contributed by atoms with van der Waals surface area (Å²) < 4.78 is 5.57. The lowest BCUT2D eigenvalue weighted by Crippen LogP contribution is -2.52. The third kappa shape index (κ3) is 5.08. The normalized spacial score (nSPS) is 17.9. The van der Waals surface area contributed by atoms with E-state index in [0.717, 1.165) is 31.6 Å². The maximum Gasteiger partial charge on any atom is 0.236 e. The predicted octanol–water partition coefficient (Wildman–Crippen LogP) is 1.62. The average Bonchev–Trinajstić information content (AvgIpc) is 3.38. The Morgan fingerprint density at radius 2 is 1.91 bits per heavy atom. The van der Waals surface area contributed by atoms with Gasteiger partial charge >= 0.3 is 0 Å². The zero-order valence-electron chi connectivity index (χ0n) is 18.3. The Labute approximate surface area is 190 Å². The highest BCUT2D eigenvalue weighted by molar-refractivity contribution is 7.13. The lowest BCUT2D eigenvalue weighted by Gasteiger charge is -2.36. The Morgan fingerprint density at radius 1 is 1.19 bits per heavy atom. The quantitative estimate of drug-likeness (QED) is 0.719. The molecule has 0 atom stereocenters. The number of nitrogens with zero attached hydrogens (tertiary/aromatic N) is 6. The van der Waals surface area contributed by atoms with Crippen molar-refractivity contribution in [3.8, 4) is 6.07 Å². The third-order valence-corrected chi connectivity index (χ3v) is 6.78. The van der Waals surface area contributed by atoms with Gasteiger partial charge in [0.15, 0.2) is 11.0 Å². The van der Waals surface area contributed by atoms with E-state index in [0.29, 0.717) is 55.3 Å². The fourth-order valence-corrected chi connectivity index (χ4v) is 4.82. The number of amides is 2. The Kier molecular flexibility index (Phi) is 6.72. The van der Waals surface area contributed by atoms with Crippen LogP contribution in [0.2, 0.25) is 0 Å². The molecular weight excluding hydrogens is 430 g/mol. The van der Waals surface area contributed by atoms with Gasteiger partial charge in [-0.2, -0.15) is 5.26 Å². The molecule has 2 amide bonds. The number of oxazole rings is 1. The van der Waals surface area contributed by atoms with Gasteiger partial charge in [-0.25, -0.2) is 9.97 Å². The number of hydrogen-bond donors (Lipinski definition) is 1. The summed E-state index contributed by atoms with van der Waals surface area (Å²) >= 11 is 1.44. The number of hydrogen-bond acceptors (Lipinski definition) is 9. The maximum atomic E-state index is 12.8. The fourth-order valence-electron chi connectivity index (χ4n) is 4.13. The van der Waals surface area contributed by atoms with Crippen molar-refractivity contribution in [3.05, 3.63) is 22.7 Å². The monoisotopic (exact) mass is 457 g/mol. The molecule has 0 bridgehead atoms. The first-order valence-corrected chi connectivity index (χ1v) is 11.7. The molecule has 0 saturated carbocycles. The van der Waals surface area contributed by atoms with Crippen LogP contribution in [0, 0.1) is 31.1 Å². The van der Waals surface area contributed by atoms with E-state index >= 15 is 0 Å². The van der Waals surface area contributed by atoms with Crippen molar-refractivity contribution < 1.29 is 14.0 Å². The molecule has 0 aliphatic carbocycles. The molecular formula is C21H27N7O3S. The summed E-state index contributed by atoms with van der Waals surface area (Å²) in [5, 5.41) is 14.7. The Balaban J connectivity index is 1.21. The van der Waals surface area contributed by atoms with Crippen LogP contribution in [0.4, 0.5) is 11.0 Å². The largest absolute Gasteiger partial charge is 0.424 e. The van der Waals surface area contributed by atoms with Crippen LogP contribution in [-0.2, 0) is 9.59 Å². The molecule has 32 heavy (non-hydrogen) atoms. The molecule has 0 spiro atoms. The number of carbonyl (C=O) groups excluding carboxylic acids is 2. The lowest BCUT2D eigenvalue weighted by atomic mass is 9.96. The number of anilines is 2. The van der Waals surface area contributed by atoms with Crippen LogP contribution in [0.3, 0.4) is 0 Å². The summed E-state index contributed by atoms with van der Waals surface area (Å²) in [6.45, 7) is 7.81. The van der Waals surface area contributed by atoms with Crippen LogP contribution in [0.5, 0.6) is 0 Å². The second kappa shape index (κ2) is 9.67. The summed E-state index contributed by atoms with van der Waals surface area (Å²) in [7, 11) is 0. The van der Waals surface area contributed by atoms with Crippen molar-refractivity contribution in [1.29, 1.82) is 5.26 Å². The summed E-state index contributed by atoms with van der Waals surface area (Å²) in [4.78, 5) is 39.6. The fraction of sp³-hybridized carbons (Fsp3) is 0.571. The number of rotatable bonds is 5. The Bertz CT molecular complexity index is 1010. The number of piperidine rings is 1. The first-order valence-electron chi connectivity index (χ1n) is 10.8. The molecule has 2 aromatic rings. The van der Waals surface area contributed by atoms with E-state index in [-0.39, 0.29) is 17.7 Å². The van der Waals surface area contributed by atoms with Crippen molar-refractivity contribution in [3.63, 3.8) is 0 Å². The summed E-state index contributed by atoms with van der Waals surface area (Å²) in [6.07, 6.45) is 1.47. The molecule has 2 fully saturated rings. The highest BCUT2D eigenvalue weighted by atomic mass is 32.1. The highest BCUT2D eigenvalue weighted by Crippen LogP contribution is 2.24. The zero-order chi connectivity index (χ0) is 22.7. The summed E-state index contributed by atoms with van der Waals surface area (Å²) in [5.41, 5.74) is 1.19. The number of carbonyl (C=O) groups is 2. The minimum absolute atomic E-state index is 0.0147. The molecule has 2 saturated heterocycles. The van der Waals surface area contributed by atoms with Gasteiger partial charge in [-0.15, -0.1) is 11.3 Å². The average molecular weight is 458 g/mol. The molecule has 4 heterocycles. The van der Waals surface area contributed by atoms with Gasteiger partial charge in [0, 0.05) is 44.4 Å². The number of likely N-dealkylation sites (tertiary alicyclic amines) is 1. The smallest absolute Gasteiger partial charge is 0.236 e. The number of aryl methyl sites for hydroxylation is 2. The molecule has 11 heteroatoms. The van der Waals surface area contributed by atoms with E-state index in [1.54, 1.807) is 6.92 Å². The summed E-state index contributed by atoms with van der Waals surface area (Å²) in [5.74, 6) is 1.02. The zero-order valence-corrected chi connectivity index (χ0v) is 19.2. The number of thiazole rings is 1. The van der Waals surface area contributed by atoms with Crippen molar-refractivity contribution in [2.24, 2.45) is 5.92 Å². The van der Waals surface area contributed by atoms with E-state index in [1.165, 1.54) is 11.3 Å². The predicted molar refractivity (Wildman–Crippen MR) is 119 cm³/mol. The van der Waals surface area contributed by atoms with E-state index in [1.807, 2.05) is 22.1 Å². The molecule has 2 aliphatic rings. The molecule has 0 aromatic carbocycles. The van der Waals surface area contributed by atoms with E-state index in [9.17, 15) is 14.9 Å². The Hall–Kier alpha value is -2.97. The molecule has 10 nitrogen and oxygen atoms in total. The number of aromatic nitrogens is 2. The van der Waals surface area contributed by atoms with Crippen LogP contribution in [0.25, 0.3) is 0 Å². The van der Waals surface area contributed by atoms with Crippen molar-refractivity contribution >= 4 is 34.2 Å². The molecule has 2 aliphatic heterocycles. The van der Waals surface area contributed by atoms with E-state index < -0.39 is 0 Å². The van der Waals surface area contributed by atoms with Gasteiger partial charge < -0.3 is 19.5 Å². The SMILES string of the molecule is Cc1csc(NC(=O)C2CCN(CC(=O)N3CCN(c4oc(C)nc4C#N)CC3)CC2)n1. The highest BCUT2D eigenvalue weighted by Gasteiger charge is 2.29. The van der Waals surface area contributed by atoms with Crippen molar-refractivity contribution in [2.45, 2.75) is 26.7 Å². The van der Waals surface area contributed by atoms with Crippen LogP contribution >= 0.6 is 11.3 Å². The van der Waals surface area contributed by atoms with E-state index in [4.69, 9.17) is 4.42 Å². The van der Waals surface area contributed by atoms with Gasteiger partial charge in [-0.05, 0) is 32.9 Å². The molecule has 170 valence electrons. The molecule has 2 aromatic heterocycles. The number of piperazine rings is 1. The first kappa shape index (κ1) is 22.2. The van der Waals surface area contributed by atoms with Crippen LogP contribution in [0.1, 0.15) is 30.1 Å². The molecule has 0 radical (unpaired) electrons. The lowest BCUT2D eigenvalue weighted by molar-refractivity contribution is -0.133. The second-order valence-electron chi connectivity index (χ2n) is 8.20. The van der Waals surface area contributed by atoms with Gasteiger partial charge in [0.1, 0.15) is 6.07 Å². The third-order valence-electron chi connectivity index (χ3n) is 5.91. The first-order chi connectivity index (χ1) is 15.4. The number of nitriles is 1. The van der Waals surface area contributed by atoms with E-state index in [2.05, 4.69) is 26.3 Å². The molecule has 4 rings (SSSR count). The minimum atomic E-state index is -0.0474. The van der Waals surface area contributed by atoms with Gasteiger partial charge in [0.25, 0.3) is 0 Å². The molecule has 1 N–H and O–H groups in total. The second-order valence-corrected chi connectivity index (χ2v) is 9.06. The van der Waals surface area contributed by atoms with Crippen LogP contribution < -0.4 is 10.2 Å². The van der Waals surface area contributed by atoms with Crippen molar-refractivity contribution in [2.75, 3.05) is 56.0 Å². The Morgan fingerprint density at radius 3 is 2.53 bits per heavy atom. The van der Waals surface area contributed by atoms with Gasteiger partial charge in [0.05, 0.1) is 12.2 Å². The van der Waals surface area contributed by atoms with Crippen LogP contribution in [-0.4, -0.2) is 77.4 Å². The van der Waals surface area contributed by atoms with Crippen LogP contribution in [0.15, 0.2) is 9.80 Å². The van der Waals surface area contributed by atoms with Gasteiger partial charge in [-0.3, -0.25) is 14.5 Å². The van der Waals surface area contributed by atoms with Gasteiger partial charge in [0.2, 0.25) is 23.4 Å². The topological polar surface area (TPSA) is 119 Å². The maximum absolute atomic E-state index is 12.8. The standard InChI is InChI=1S/C21H27N7O3S/c1-14-13-32-21(23-14)25-19(30)16-3-5-26(6-4-16)12-18(29)27-7-9-28(10-8-27)20-17(11-22)24-15(2)31-20/h13,16H,3-10,12H2,1-2H3,(H,23,25,30). The van der Waals surface area contributed by atoms with Gasteiger partial charge in [-0.1, -0.05) is 0 Å². The molecule has 0 unspecified atom stereocenters.